The van der Waals surface area contributed by atoms with Crippen LogP contribution in [0.2, 0.25) is 0 Å². The van der Waals surface area contributed by atoms with Crippen molar-refractivity contribution in [1.82, 2.24) is 0 Å². The first-order valence-electron chi connectivity index (χ1n) is 12.3. The lowest BCUT2D eigenvalue weighted by Gasteiger charge is -2.44. The zero-order chi connectivity index (χ0) is 27.4. The number of rotatable bonds is 8. The van der Waals surface area contributed by atoms with Crippen LogP contribution >= 0.6 is 0 Å². The molecule has 2 fully saturated rings. The van der Waals surface area contributed by atoms with Crippen LogP contribution in [0.4, 0.5) is 0 Å². The van der Waals surface area contributed by atoms with Crippen LogP contribution in [0.5, 0.6) is 0 Å². The fourth-order valence-electron chi connectivity index (χ4n) is 5.16. The summed E-state index contributed by atoms with van der Waals surface area (Å²) in [4.78, 5) is 24.2. The van der Waals surface area contributed by atoms with Crippen LogP contribution in [-0.2, 0) is 28.5 Å². The maximum Gasteiger partial charge on any atom is 0.334 e. The van der Waals surface area contributed by atoms with Crippen molar-refractivity contribution in [2.75, 3.05) is 6.61 Å². The summed E-state index contributed by atoms with van der Waals surface area (Å²) >= 11 is 0. The number of aliphatic hydroxyl groups is 4. The van der Waals surface area contributed by atoms with Gasteiger partial charge in [-0.2, -0.15) is 0 Å². The van der Waals surface area contributed by atoms with Gasteiger partial charge in [0.1, 0.15) is 18.3 Å². The van der Waals surface area contributed by atoms with E-state index in [9.17, 15) is 35.1 Å². The highest BCUT2D eigenvalue weighted by molar-refractivity contribution is 5.87. The standard InChI is InChI=1S/C27H32O11/c1-27(34)12-11-16-17(24(32)33)14-35-25(20(16)27)38-26-23(22(31)21(30)18(13-28)36-26)37-19(29)10-6-5-9-15-7-3-2-4-8-15/h2-10,14,16,18,20-23,25-26,28,30-31,34H,11-13H2,1H3,(H,32,33)/b9-5+,10-6+/t16-,18-,20-,21-,22+,23-,25+,26+,27+/m1/s1. The smallest absolute Gasteiger partial charge is 0.334 e. The van der Waals surface area contributed by atoms with Crippen LogP contribution in [0.3, 0.4) is 0 Å². The Hall–Kier alpha value is -3.06. The fraction of sp³-hybridized carbons (Fsp3) is 0.481. The summed E-state index contributed by atoms with van der Waals surface area (Å²) in [7, 11) is 0. The largest absolute Gasteiger partial charge is 0.478 e. The normalized spacial score (nSPS) is 37.0. The Morgan fingerprint density at radius 3 is 2.55 bits per heavy atom. The number of carboxylic acids is 1. The van der Waals surface area contributed by atoms with E-state index in [0.717, 1.165) is 17.9 Å². The molecular weight excluding hydrogens is 500 g/mol. The quantitative estimate of drug-likeness (QED) is 0.181. The van der Waals surface area contributed by atoms with E-state index < -0.39 is 73.0 Å². The summed E-state index contributed by atoms with van der Waals surface area (Å²) < 4.78 is 22.4. The minimum atomic E-state index is -1.68. The Morgan fingerprint density at radius 1 is 1.13 bits per heavy atom. The van der Waals surface area contributed by atoms with E-state index >= 15 is 0 Å². The molecule has 4 rings (SSSR count). The van der Waals surface area contributed by atoms with Gasteiger partial charge in [-0.3, -0.25) is 0 Å². The third-order valence-electron chi connectivity index (χ3n) is 7.16. The predicted octanol–water partition coefficient (Wildman–Crippen LogP) is 0.725. The average Bonchev–Trinajstić information content (AvgIpc) is 3.22. The number of carboxylic acid groups (broad SMARTS) is 1. The van der Waals surface area contributed by atoms with Crippen molar-refractivity contribution >= 4 is 18.0 Å². The van der Waals surface area contributed by atoms with Crippen molar-refractivity contribution in [3.8, 4) is 0 Å². The molecule has 2 aliphatic heterocycles. The molecule has 0 radical (unpaired) electrons. The van der Waals surface area contributed by atoms with E-state index in [1.165, 1.54) is 6.08 Å². The van der Waals surface area contributed by atoms with Crippen LogP contribution < -0.4 is 0 Å². The lowest BCUT2D eigenvalue weighted by atomic mass is 9.81. The molecule has 0 amide bonds. The molecule has 1 aromatic carbocycles. The summed E-state index contributed by atoms with van der Waals surface area (Å²) in [6.45, 7) is 0.881. The number of aliphatic carboxylic acids is 1. The number of benzene rings is 1. The zero-order valence-corrected chi connectivity index (χ0v) is 20.7. The van der Waals surface area contributed by atoms with Gasteiger partial charge in [-0.15, -0.1) is 0 Å². The van der Waals surface area contributed by atoms with E-state index in [1.54, 1.807) is 19.1 Å². The second-order valence-electron chi connectivity index (χ2n) is 9.78. The van der Waals surface area contributed by atoms with Gasteiger partial charge in [-0.1, -0.05) is 48.6 Å². The van der Waals surface area contributed by atoms with E-state index in [1.807, 2.05) is 30.3 Å². The van der Waals surface area contributed by atoms with Crippen molar-refractivity contribution < 1.29 is 54.1 Å². The molecule has 1 saturated carbocycles. The van der Waals surface area contributed by atoms with Crippen LogP contribution in [0.15, 0.2) is 60.4 Å². The van der Waals surface area contributed by atoms with E-state index in [-0.39, 0.29) is 5.57 Å². The number of carbonyl (C=O) groups is 2. The minimum absolute atomic E-state index is 0.00227. The van der Waals surface area contributed by atoms with Gasteiger partial charge in [-0.05, 0) is 25.3 Å². The number of fused-ring (bicyclic) bond motifs is 1. The molecule has 0 unspecified atom stereocenters. The highest BCUT2D eigenvalue weighted by atomic mass is 16.8. The topological polar surface area (TPSA) is 172 Å². The lowest BCUT2D eigenvalue weighted by molar-refractivity contribution is -0.346. The molecule has 1 aliphatic carbocycles. The Balaban J connectivity index is 1.50. The third-order valence-corrected chi connectivity index (χ3v) is 7.16. The van der Waals surface area contributed by atoms with Crippen molar-refractivity contribution in [1.29, 1.82) is 0 Å². The molecule has 0 bridgehead atoms. The molecular formula is C27H32O11. The predicted molar refractivity (Wildman–Crippen MR) is 131 cm³/mol. The van der Waals surface area contributed by atoms with E-state index in [4.69, 9.17) is 18.9 Å². The molecule has 38 heavy (non-hydrogen) atoms. The molecule has 5 N–H and O–H groups in total. The van der Waals surface area contributed by atoms with E-state index in [0.29, 0.717) is 12.8 Å². The van der Waals surface area contributed by atoms with Gasteiger partial charge in [0, 0.05) is 12.0 Å². The second-order valence-corrected chi connectivity index (χ2v) is 9.78. The molecule has 1 aromatic rings. The summed E-state index contributed by atoms with van der Waals surface area (Å²) in [6.07, 6.45) is -1.12. The Bertz CT molecular complexity index is 1080. The molecule has 206 valence electrons. The van der Waals surface area contributed by atoms with Crippen molar-refractivity contribution in [2.24, 2.45) is 11.8 Å². The number of allylic oxidation sites excluding steroid dienone is 2. The van der Waals surface area contributed by atoms with Gasteiger partial charge in [0.15, 0.2) is 6.10 Å². The maximum absolute atomic E-state index is 12.5. The van der Waals surface area contributed by atoms with Crippen LogP contribution in [0.25, 0.3) is 6.08 Å². The molecule has 0 spiro atoms. The summed E-state index contributed by atoms with van der Waals surface area (Å²) in [6, 6.07) is 9.38. The number of aliphatic hydroxyl groups excluding tert-OH is 3. The highest BCUT2D eigenvalue weighted by Crippen LogP contribution is 2.49. The monoisotopic (exact) mass is 532 g/mol. The first-order valence-corrected chi connectivity index (χ1v) is 12.3. The second kappa shape index (κ2) is 11.8. The molecule has 1 saturated heterocycles. The first kappa shape index (κ1) is 28.0. The van der Waals surface area contributed by atoms with Gasteiger partial charge in [0.05, 0.1) is 30.0 Å². The summed E-state index contributed by atoms with van der Waals surface area (Å²) in [5.74, 6) is -3.42. The molecule has 9 atom stereocenters. The first-order chi connectivity index (χ1) is 18.1. The minimum Gasteiger partial charge on any atom is -0.478 e. The Morgan fingerprint density at radius 2 is 1.87 bits per heavy atom. The van der Waals surface area contributed by atoms with E-state index in [2.05, 4.69) is 0 Å². The lowest BCUT2D eigenvalue weighted by Crippen LogP contribution is -2.61. The molecule has 2 heterocycles. The summed E-state index contributed by atoms with van der Waals surface area (Å²) in [5, 5.41) is 51.1. The molecule has 3 aliphatic rings. The van der Waals surface area contributed by atoms with Gasteiger partial charge in [0.2, 0.25) is 12.6 Å². The molecule has 11 heteroatoms. The highest BCUT2D eigenvalue weighted by Gasteiger charge is 2.56. The van der Waals surface area contributed by atoms with Crippen molar-refractivity contribution in [3.05, 3.63) is 66.0 Å². The van der Waals surface area contributed by atoms with Crippen LogP contribution in [0, 0.1) is 11.8 Å². The number of hydrogen-bond donors (Lipinski definition) is 5. The number of ether oxygens (including phenoxy) is 4. The maximum atomic E-state index is 12.5. The number of carbonyl (C=O) groups excluding carboxylic acids is 1. The Kier molecular flexibility index (Phi) is 8.66. The number of esters is 1. The van der Waals surface area contributed by atoms with Gasteiger partial charge < -0.3 is 44.5 Å². The number of hydrogen-bond acceptors (Lipinski definition) is 10. The fourth-order valence-corrected chi connectivity index (χ4v) is 5.16. The third kappa shape index (κ3) is 5.98. The van der Waals surface area contributed by atoms with Crippen molar-refractivity contribution in [2.45, 2.75) is 62.4 Å². The van der Waals surface area contributed by atoms with Gasteiger partial charge in [-0.25, -0.2) is 9.59 Å². The molecule has 0 aromatic heterocycles. The van der Waals surface area contributed by atoms with Crippen LogP contribution in [-0.4, -0.2) is 86.7 Å². The van der Waals surface area contributed by atoms with Gasteiger partial charge >= 0.3 is 11.9 Å². The zero-order valence-electron chi connectivity index (χ0n) is 20.7. The summed E-state index contributed by atoms with van der Waals surface area (Å²) in [5.41, 5.74) is -0.424. The SMILES string of the molecule is C[C@]1(O)CC[C@@H]2C(C(=O)O)=CO[C@@H](O[C@@H]3O[C@H](CO)[C@@H](O)[C@H](O)[C@H]3OC(=O)/C=C/C=C/c3ccccc3)[C@@H]21. The van der Waals surface area contributed by atoms with Crippen molar-refractivity contribution in [3.63, 3.8) is 0 Å². The van der Waals surface area contributed by atoms with Crippen LogP contribution in [0.1, 0.15) is 25.3 Å². The average molecular weight is 533 g/mol. The molecule has 11 nitrogen and oxygen atoms in total. The Labute approximate surface area is 219 Å². The van der Waals surface area contributed by atoms with Gasteiger partial charge in [0.25, 0.3) is 0 Å².